The maximum absolute atomic E-state index is 4.17. The van der Waals surface area contributed by atoms with Gasteiger partial charge in [-0.1, -0.05) is 0 Å². The van der Waals surface area contributed by atoms with Gasteiger partial charge in [-0.15, -0.1) is 5.10 Å². The van der Waals surface area contributed by atoms with Crippen LogP contribution in [0.2, 0.25) is 0 Å². The van der Waals surface area contributed by atoms with Crippen LogP contribution >= 0.6 is 0 Å². The Morgan fingerprint density at radius 2 is 2.08 bits per heavy atom. The number of hydrogen-bond acceptors (Lipinski definition) is 4. The van der Waals surface area contributed by atoms with E-state index in [1.54, 1.807) is 30.5 Å². The van der Waals surface area contributed by atoms with Crippen molar-refractivity contribution in [3.63, 3.8) is 0 Å². The monoisotopic (exact) mass is 175 g/mol. The molecule has 0 saturated heterocycles. The van der Waals surface area contributed by atoms with Crippen molar-refractivity contribution in [1.82, 2.24) is 19.7 Å². The maximum atomic E-state index is 4.17. The lowest BCUT2D eigenvalue weighted by Gasteiger charge is -1.96. The number of anilines is 1. The fourth-order valence-corrected chi connectivity index (χ4v) is 0.999. The van der Waals surface area contributed by atoms with Gasteiger partial charge < -0.3 is 5.32 Å². The van der Waals surface area contributed by atoms with Gasteiger partial charge in [0.1, 0.15) is 6.33 Å². The second-order valence-electron chi connectivity index (χ2n) is 2.47. The molecule has 1 N–H and O–H groups in total. The van der Waals surface area contributed by atoms with E-state index < -0.39 is 0 Å². The number of nitrogens with zero attached hydrogens (tertiary/aromatic N) is 4. The number of aromatic nitrogens is 4. The van der Waals surface area contributed by atoms with Gasteiger partial charge in [0.05, 0.1) is 5.69 Å². The summed E-state index contributed by atoms with van der Waals surface area (Å²) in [6.45, 7) is 0. The molecule has 66 valence electrons. The first-order valence-electron chi connectivity index (χ1n) is 3.90. The summed E-state index contributed by atoms with van der Waals surface area (Å²) in [6.07, 6.45) is 5.09. The molecule has 0 aliphatic carbocycles. The van der Waals surface area contributed by atoms with Crippen molar-refractivity contribution < 1.29 is 0 Å². The summed E-state index contributed by atoms with van der Waals surface area (Å²) < 4.78 is 1.69. The molecule has 5 nitrogen and oxygen atoms in total. The lowest BCUT2D eigenvalue weighted by Crippen LogP contribution is -1.96. The molecule has 0 fully saturated rings. The normalized spacial score (nSPS) is 9.92. The first-order valence-corrected chi connectivity index (χ1v) is 3.90. The quantitative estimate of drug-likeness (QED) is 0.730. The van der Waals surface area contributed by atoms with Crippen LogP contribution in [0.3, 0.4) is 0 Å². The highest BCUT2D eigenvalue weighted by molar-refractivity contribution is 5.29. The molecule has 0 unspecified atom stereocenters. The Morgan fingerprint density at radius 3 is 2.69 bits per heavy atom. The van der Waals surface area contributed by atoms with Gasteiger partial charge in [-0.3, -0.25) is 4.98 Å². The van der Waals surface area contributed by atoms with E-state index in [4.69, 9.17) is 0 Å². The molecule has 0 spiro atoms. The minimum atomic E-state index is 0.608. The molecule has 5 heteroatoms. The molecule has 13 heavy (non-hydrogen) atoms. The van der Waals surface area contributed by atoms with E-state index in [9.17, 15) is 0 Å². The largest absolute Gasteiger partial charge is 0.356 e. The first-order chi connectivity index (χ1) is 6.40. The highest BCUT2D eigenvalue weighted by Gasteiger charge is 1.98. The van der Waals surface area contributed by atoms with Gasteiger partial charge >= 0.3 is 0 Å². The Hall–Kier alpha value is -1.91. The highest BCUT2D eigenvalue weighted by atomic mass is 15.4. The van der Waals surface area contributed by atoms with Crippen molar-refractivity contribution in [1.29, 1.82) is 0 Å². The van der Waals surface area contributed by atoms with Crippen LogP contribution in [0.15, 0.2) is 30.9 Å². The maximum Gasteiger partial charge on any atom is 0.242 e. The molecule has 2 aromatic rings. The number of rotatable bonds is 2. The number of hydrogen-bond donors (Lipinski definition) is 1. The Morgan fingerprint density at radius 1 is 1.31 bits per heavy atom. The highest BCUT2D eigenvalue weighted by Crippen LogP contribution is 2.04. The molecule has 2 heterocycles. The van der Waals surface area contributed by atoms with Crippen molar-refractivity contribution in [2.24, 2.45) is 0 Å². The standard InChI is InChI=1S/C8H9N5/c1-9-8-11-6-13(12-8)7-2-4-10-5-3-7/h2-6H,1H3,(H,9,12). The van der Waals surface area contributed by atoms with Crippen LogP contribution in [-0.4, -0.2) is 26.8 Å². The molecule has 0 aliphatic heterocycles. The lowest BCUT2D eigenvalue weighted by molar-refractivity contribution is 0.878. The molecular formula is C8H9N5. The molecule has 2 aromatic heterocycles. The Labute approximate surface area is 75.4 Å². The minimum Gasteiger partial charge on any atom is -0.356 e. The summed E-state index contributed by atoms with van der Waals surface area (Å²) in [7, 11) is 1.78. The average molecular weight is 175 g/mol. The topological polar surface area (TPSA) is 55.6 Å². The van der Waals surface area contributed by atoms with Gasteiger partial charge in [-0.05, 0) is 12.1 Å². The summed E-state index contributed by atoms with van der Waals surface area (Å²) in [5, 5.41) is 7.02. The van der Waals surface area contributed by atoms with Crippen LogP contribution < -0.4 is 5.32 Å². The fraction of sp³-hybridized carbons (Fsp3) is 0.125. The van der Waals surface area contributed by atoms with E-state index in [0.717, 1.165) is 5.69 Å². The average Bonchev–Trinajstić information content (AvgIpc) is 2.67. The van der Waals surface area contributed by atoms with Gasteiger partial charge in [0.25, 0.3) is 0 Å². The molecule has 0 amide bonds. The third kappa shape index (κ3) is 1.48. The molecule has 2 rings (SSSR count). The molecule has 0 bridgehead atoms. The minimum absolute atomic E-state index is 0.608. The second kappa shape index (κ2) is 3.22. The van der Waals surface area contributed by atoms with Gasteiger partial charge in [0.15, 0.2) is 0 Å². The Kier molecular flexibility index (Phi) is 1.91. The molecule has 0 radical (unpaired) electrons. The van der Waals surface area contributed by atoms with Gasteiger partial charge in [-0.25, -0.2) is 9.67 Å². The lowest BCUT2D eigenvalue weighted by atomic mass is 10.4. The molecule has 0 aliphatic rings. The van der Waals surface area contributed by atoms with E-state index in [1.807, 2.05) is 12.1 Å². The smallest absolute Gasteiger partial charge is 0.242 e. The van der Waals surface area contributed by atoms with Crippen LogP contribution in [0.4, 0.5) is 5.95 Å². The zero-order valence-electron chi connectivity index (χ0n) is 7.18. The van der Waals surface area contributed by atoms with E-state index >= 15 is 0 Å². The van der Waals surface area contributed by atoms with E-state index in [2.05, 4.69) is 20.4 Å². The zero-order chi connectivity index (χ0) is 9.10. The summed E-state index contributed by atoms with van der Waals surface area (Å²) >= 11 is 0. The third-order valence-corrected chi connectivity index (χ3v) is 1.64. The third-order valence-electron chi connectivity index (χ3n) is 1.64. The van der Waals surface area contributed by atoms with Gasteiger partial charge in [0.2, 0.25) is 5.95 Å². The van der Waals surface area contributed by atoms with E-state index in [0.29, 0.717) is 5.95 Å². The van der Waals surface area contributed by atoms with Crippen molar-refractivity contribution in [3.05, 3.63) is 30.9 Å². The predicted molar refractivity (Wildman–Crippen MR) is 48.7 cm³/mol. The molecule has 0 aromatic carbocycles. The summed E-state index contributed by atoms with van der Waals surface area (Å²) in [4.78, 5) is 7.95. The summed E-state index contributed by atoms with van der Waals surface area (Å²) in [6, 6.07) is 3.74. The van der Waals surface area contributed by atoms with Crippen LogP contribution in [0.25, 0.3) is 5.69 Å². The SMILES string of the molecule is CNc1ncn(-c2ccncc2)n1. The molecule has 0 atom stereocenters. The van der Waals surface area contributed by atoms with Gasteiger partial charge in [0, 0.05) is 19.4 Å². The fourth-order valence-electron chi connectivity index (χ4n) is 0.999. The van der Waals surface area contributed by atoms with Crippen LogP contribution in [0.1, 0.15) is 0 Å². The summed E-state index contributed by atoms with van der Waals surface area (Å²) in [5.74, 6) is 0.608. The van der Waals surface area contributed by atoms with E-state index in [-0.39, 0.29) is 0 Å². The van der Waals surface area contributed by atoms with Crippen molar-refractivity contribution in [2.45, 2.75) is 0 Å². The van der Waals surface area contributed by atoms with Crippen LogP contribution in [0.5, 0.6) is 0 Å². The first kappa shape index (κ1) is 7.72. The zero-order valence-corrected chi connectivity index (χ0v) is 7.18. The Bertz CT molecular complexity index is 380. The molecule has 0 saturated carbocycles. The van der Waals surface area contributed by atoms with Crippen molar-refractivity contribution >= 4 is 5.95 Å². The van der Waals surface area contributed by atoms with Crippen molar-refractivity contribution in [3.8, 4) is 5.69 Å². The van der Waals surface area contributed by atoms with E-state index in [1.165, 1.54) is 0 Å². The Balaban J connectivity index is 2.36. The van der Waals surface area contributed by atoms with Crippen LogP contribution in [-0.2, 0) is 0 Å². The summed E-state index contributed by atoms with van der Waals surface area (Å²) in [5.41, 5.74) is 0.948. The second-order valence-corrected chi connectivity index (χ2v) is 2.47. The number of pyridine rings is 1. The van der Waals surface area contributed by atoms with Crippen molar-refractivity contribution in [2.75, 3.05) is 12.4 Å². The number of nitrogens with one attached hydrogen (secondary N) is 1. The van der Waals surface area contributed by atoms with Gasteiger partial charge in [-0.2, -0.15) is 0 Å². The predicted octanol–water partition coefficient (Wildman–Crippen LogP) is 0.704. The molecular weight excluding hydrogens is 166 g/mol. The van der Waals surface area contributed by atoms with Crippen LogP contribution in [0, 0.1) is 0 Å².